The summed E-state index contributed by atoms with van der Waals surface area (Å²) in [6.07, 6.45) is 0.509. The number of sulfonamides is 1. The average Bonchev–Trinajstić information content (AvgIpc) is 2.87. The molecule has 1 atom stereocenters. The number of anilines is 1. The number of aryl methyl sites for hydroxylation is 1. The van der Waals surface area contributed by atoms with Crippen molar-refractivity contribution in [3.63, 3.8) is 0 Å². The number of amides is 1. The number of methoxy groups -OCH3 is 1. The van der Waals surface area contributed by atoms with Gasteiger partial charge in [-0.1, -0.05) is 17.7 Å². The number of hydrogen-bond acceptors (Lipinski definition) is 6. The maximum absolute atomic E-state index is 13.8. The lowest BCUT2D eigenvalue weighted by Crippen LogP contribution is -2.45. The highest BCUT2D eigenvalue weighted by Crippen LogP contribution is 2.41. The van der Waals surface area contributed by atoms with Gasteiger partial charge in [0, 0.05) is 12.0 Å². The fourth-order valence-corrected chi connectivity index (χ4v) is 5.91. The van der Waals surface area contributed by atoms with Gasteiger partial charge in [-0.15, -0.1) is 0 Å². The standard InChI is InChI=1S/C29H34N2O6S/c1-6-36-22-11-14-24(15-12-22)38(33,34)31(21-9-7-20(2)8-10-21)19-28(32)30-26-18-29(3,4)37-27-16-13-23(35-5)17-25(26)27/h7-17,26H,6,18-19H2,1-5H3,(H,30,32). The lowest BCUT2D eigenvalue weighted by atomic mass is 9.89. The van der Waals surface area contributed by atoms with E-state index in [0.717, 1.165) is 15.4 Å². The first-order chi connectivity index (χ1) is 18.0. The summed E-state index contributed by atoms with van der Waals surface area (Å²) in [5.74, 6) is 1.44. The molecule has 0 saturated heterocycles. The van der Waals surface area contributed by atoms with Crippen LogP contribution >= 0.6 is 0 Å². The Balaban J connectivity index is 1.64. The highest BCUT2D eigenvalue weighted by atomic mass is 32.2. The van der Waals surface area contributed by atoms with Crippen molar-refractivity contribution in [2.24, 2.45) is 0 Å². The Morgan fingerprint density at radius 3 is 2.34 bits per heavy atom. The summed E-state index contributed by atoms with van der Waals surface area (Å²) in [5.41, 5.74) is 1.64. The zero-order valence-corrected chi connectivity index (χ0v) is 23.2. The molecular formula is C29H34N2O6S. The fourth-order valence-electron chi connectivity index (χ4n) is 4.49. The highest BCUT2D eigenvalue weighted by Gasteiger charge is 2.36. The molecule has 1 N–H and O–H groups in total. The second-order valence-corrected chi connectivity index (χ2v) is 11.7. The van der Waals surface area contributed by atoms with E-state index in [2.05, 4.69) is 5.32 Å². The minimum atomic E-state index is -4.06. The summed E-state index contributed by atoms with van der Waals surface area (Å²) < 4.78 is 45.6. The van der Waals surface area contributed by atoms with Crippen molar-refractivity contribution < 1.29 is 27.4 Å². The van der Waals surface area contributed by atoms with Gasteiger partial charge in [0.05, 0.1) is 30.3 Å². The quantitative estimate of drug-likeness (QED) is 0.411. The smallest absolute Gasteiger partial charge is 0.264 e. The maximum Gasteiger partial charge on any atom is 0.264 e. The summed E-state index contributed by atoms with van der Waals surface area (Å²) in [6.45, 7) is 7.76. The van der Waals surface area contributed by atoms with E-state index >= 15 is 0 Å². The largest absolute Gasteiger partial charge is 0.497 e. The molecular weight excluding hydrogens is 504 g/mol. The first-order valence-electron chi connectivity index (χ1n) is 12.5. The SMILES string of the molecule is CCOc1ccc(S(=O)(=O)N(CC(=O)NC2CC(C)(C)Oc3ccc(OC)cc32)c2ccc(C)cc2)cc1. The minimum Gasteiger partial charge on any atom is -0.497 e. The molecule has 38 heavy (non-hydrogen) atoms. The van der Waals surface area contributed by atoms with Gasteiger partial charge >= 0.3 is 0 Å². The van der Waals surface area contributed by atoms with Crippen LogP contribution in [0.3, 0.4) is 0 Å². The molecule has 0 spiro atoms. The van der Waals surface area contributed by atoms with Crippen LogP contribution in [-0.4, -0.2) is 40.2 Å². The number of nitrogens with zero attached hydrogens (tertiary/aromatic N) is 1. The van der Waals surface area contributed by atoms with Crippen molar-refractivity contribution >= 4 is 21.6 Å². The Kier molecular flexibility index (Phi) is 7.87. The predicted octanol–water partition coefficient (Wildman–Crippen LogP) is 5.02. The molecule has 202 valence electrons. The Labute approximate surface area is 224 Å². The lowest BCUT2D eigenvalue weighted by Gasteiger charge is -2.38. The van der Waals surface area contributed by atoms with E-state index in [0.29, 0.717) is 36.0 Å². The summed E-state index contributed by atoms with van der Waals surface area (Å²) in [4.78, 5) is 13.5. The molecule has 9 heteroatoms. The molecule has 0 bridgehead atoms. The molecule has 1 amide bonds. The normalized spacial score (nSPS) is 16.1. The first kappa shape index (κ1) is 27.3. The Hall–Kier alpha value is -3.72. The lowest BCUT2D eigenvalue weighted by molar-refractivity contribution is -0.120. The summed E-state index contributed by atoms with van der Waals surface area (Å²) in [5, 5.41) is 3.04. The monoisotopic (exact) mass is 538 g/mol. The van der Waals surface area contributed by atoms with Gasteiger partial charge in [-0.2, -0.15) is 0 Å². The molecule has 8 nitrogen and oxygen atoms in total. The van der Waals surface area contributed by atoms with Crippen molar-refractivity contribution in [2.45, 2.75) is 50.7 Å². The Bertz CT molecular complexity index is 1390. The maximum atomic E-state index is 13.8. The molecule has 3 aromatic rings. The number of carbonyl (C=O) groups is 1. The number of ether oxygens (including phenoxy) is 3. The molecule has 0 fully saturated rings. The van der Waals surface area contributed by atoms with Crippen LogP contribution in [0.5, 0.6) is 17.2 Å². The van der Waals surface area contributed by atoms with Gasteiger partial charge < -0.3 is 19.5 Å². The van der Waals surface area contributed by atoms with Crippen molar-refractivity contribution in [2.75, 3.05) is 24.6 Å². The van der Waals surface area contributed by atoms with E-state index in [1.807, 2.05) is 58.0 Å². The van der Waals surface area contributed by atoms with Crippen LogP contribution < -0.4 is 23.8 Å². The number of nitrogens with one attached hydrogen (secondary N) is 1. The number of fused-ring (bicyclic) bond motifs is 1. The van der Waals surface area contributed by atoms with Gasteiger partial charge in [0.15, 0.2) is 0 Å². The predicted molar refractivity (Wildman–Crippen MR) is 147 cm³/mol. The van der Waals surface area contributed by atoms with E-state index in [1.54, 1.807) is 31.4 Å². The summed E-state index contributed by atoms with van der Waals surface area (Å²) in [7, 11) is -2.48. The van der Waals surface area contributed by atoms with E-state index in [4.69, 9.17) is 14.2 Å². The van der Waals surface area contributed by atoms with Crippen molar-refractivity contribution in [3.8, 4) is 17.2 Å². The van der Waals surface area contributed by atoms with Gasteiger partial charge in [-0.05, 0) is 82.3 Å². The number of carbonyl (C=O) groups excluding carboxylic acids is 1. The van der Waals surface area contributed by atoms with Gasteiger partial charge in [0.25, 0.3) is 10.0 Å². The van der Waals surface area contributed by atoms with E-state index in [9.17, 15) is 13.2 Å². The van der Waals surface area contributed by atoms with E-state index in [-0.39, 0.29) is 10.9 Å². The fraction of sp³-hybridized carbons (Fsp3) is 0.345. The number of hydrogen-bond donors (Lipinski definition) is 1. The van der Waals surface area contributed by atoms with Crippen LogP contribution in [-0.2, 0) is 14.8 Å². The molecule has 1 aliphatic rings. The van der Waals surface area contributed by atoms with Crippen molar-refractivity contribution in [1.29, 1.82) is 0 Å². The van der Waals surface area contributed by atoms with Gasteiger partial charge in [0.2, 0.25) is 5.91 Å². The van der Waals surface area contributed by atoms with E-state index < -0.39 is 28.1 Å². The van der Waals surface area contributed by atoms with Crippen molar-refractivity contribution in [1.82, 2.24) is 5.32 Å². The van der Waals surface area contributed by atoms with Crippen LogP contribution in [0.2, 0.25) is 0 Å². The molecule has 1 heterocycles. The highest BCUT2D eigenvalue weighted by molar-refractivity contribution is 7.92. The van der Waals surface area contributed by atoms with Crippen LogP contribution in [0.4, 0.5) is 5.69 Å². The zero-order valence-electron chi connectivity index (χ0n) is 22.4. The molecule has 3 aromatic carbocycles. The molecule has 0 aromatic heterocycles. The second-order valence-electron chi connectivity index (χ2n) is 9.84. The molecule has 1 aliphatic heterocycles. The Morgan fingerprint density at radius 1 is 1.05 bits per heavy atom. The number of benzene rings is 3. The van der Waals surface area contributed by atoms with Gasteiger partial charge in [-0.3, -0.25) is 9.10 Å². The zero-order chi connectivity index (χ0) is 27.5. The van der Waals surface area contributed by atoms with Crippen LogP contribution in [0.1, 0.15) is 44.4 Å². The third-order valence-corrected chi connectivity index (χ3v) is 8.13. The third-order valence-electron chi connectivity index (χ3n) is 6.34. The van der Waals surface area contributed by atoms with Crippen LogP contribution in [0, 0.1) is 6.92 Å². The summed E-state index contributed by atoms with van der Waals surface area (Å²) in [6, 6.07) is 18.3. The molecule has 0 saturated carbocycles. The second kappa shape index (κ2) is 10.9. The minimum absolute atomic E-state index is 0.0663. The van der Waals surface area contributed by atoms with Crippen molar-refractivity contribution in [3.05, 3.63) is 77.9 Å². The molecule has 0 aliphatic carbocycles. The molecule has 1 unspecified atom stereocenters. The van der Waals surface area contributed by atoms with Crippen LogP contribution in [0.25, 0.3) is 0 Å². The topological polar surface area (TPSA) is 94.2 Å². The molecule has 4 rings (SSSR count). The van der Waals surface area contributed by atoms with E-state index in [1.165, 1.54) is 12.1 Å². The molecule has 0 radical (unpaired) electrons. The number of rotatable bonds is 9. The average molecular weight is 539 g/mol. The Morgan fingerprint density at radius 2 is 1.71 bits per heavy atom. The van der Waals surface area contributed by atoms with Gasteiger partial charge in [-0.25, -0.2) is 8.42 Å². The van der Waals surface area contributed by atoms with Crippen LogP contribution in [0.15, 0.2) is 71.6 Å². The first-order valence-corrected chi connectivity index (χ1v) is 13.9. The third kappa shape index (κ3) is 6.05. The van der Waals surface area contributed by atoms with Gasteiger partial charge in [0.1, 0.15) is 29.4 Å². The summed E-state index contributed by atoms with van der Waals surface area (Å²) >= 11 is 0.